The lowest BCUT2D eigenvalue weighted by atomic mass is 10.2. The second-order valence-electron chi connectivity index (χ2n) is 6.52. The Balaban J connectivity index is 1.39. The summed E-state index contributed by atoms with van der Waals surface area (Å²) in [5, 5.41) is 15.0. The van der Waals surface area contributed by atoms with Crippen LogP contribution >= 0.6 is 11.6 Å². The zero-order valence-corrected chi connectivity index (χ0v) is 16.9. The van der Waals surface area contributed by atoms with Gasteiger partial charge in [0.15, 0.2) is 11.6 Å². The second kappa shape index (κ2) is 8.44. The average molecular weight is 450 g/mol. The molecule has 0 spiro atoms. The topological polar surface area (TPSA) is 114 Å². The number of aromatic nitrogens is 4. The van der Waals surface area contributed by atoms with Crippen LogP contribution in [-0.4, -0.2) is 26.5 Å². The zero-order valence-electron chi connectivity index (χ0n) is 16.2. The number of furan rings is 1. The van der Waals surface area contributed by atoms with Crippen LogP contribution in [0.5, 0.6) is 0 Å². The largest absolute Gasteiger partial charge is 0.455 e. The van der Waals surface area contributed by atoms with Crippen molar-refractivity contribution in [3.8, 4) is 11.3 Å². The van der Waals surface area contributed by atoms with Crippen LogP contribution < -0.4 is 10.7 Å². The first-order valence-corrected chi connectivity index (χ1v) is 9.70. The van der Waals surface area contributed by atoms with Gasteiger partial charge in [-0.2, -0.15) is 10.1 Å². The van der Waals surface area contributed by atoms with Gasteiger partial charge < -0.3 is 9.73 Å². The first-order chi connectivity index (χ1) is 15.7. The summed E-state index contributed by atoms with van der Waals surface area (Å²) in [4.78, 5) is 8.54. The lowest BCUT2D eigenvalue weighted by Gasteiger charge is -2.09. The molecule has 2 N–H and O–H groups in total. The van der Waals surface area contributed by atoms with Gasteiger partial charge in [0, 0.05) is 10.6 Å². The van der Waals surface area contributed by atoms with Crippen molar-refractivity contribution in [3.63, 3.8) is 0 Å². The number of fused-ring (bicyclic) bond motifs is 1. The Bertz CT molecular complexity index is 1430. The predicted molar refractivity (Wildman–Crippen MR) is 117 cm³/mol. The Morgan fingerprint density at radius 1 is 0.938 bits per heavy atom. The number of nitrogens with one attached hydrogen (secondary N) is 2. The third-order valence-electron chi connectivity index (χ3n) is 4.34. The van der Waals surface area contributed by atoms with Crippen LogP contribution in [0, 0.1) is 5.82 Å². The van der Waals surface area contributed by atoms with E-state index in [1.165, 1.54) is 12.3 Å². The van der Waals surface area contributed by atoms with Gasteiger partial charge in [-0.25, -0.2) is 14.0 Å². The number of benzene rings is 2. The van der Waals surface area contributed by atoms with Crippen LogP contribution in [0.15, 0.2) is 74.8 Å². The number of halogens is 2. The second-order valence-corrected chi connectivity index (χ2v) is 6.96. The maximum Gasteiger partial charge on any atom is 0.245 e. The highest BCUT2D eigenvalue weighted by molar-refractivity contribution is 6.30. The van der Waals surface area contributed by atoms with Crippen molar-refractivity contribution in [1.82, 2.24) is 20.3 Å². The van der Waals surface area contributed by atoms with Gasteiger partial charge in [-0.15, -0.1) is 0 Å². The smallest absolute Gasteiger partial charge is 0.245 e. The molecule has 0 amide bonds. The van der Waals surface area contributed by atoms with Gasteiger partial charge in [0.2, 0.25) is 11.3 Å². The Morgan fingerprint density at radius 2 is 1.75 bits per heavy atom. The van der Waals surface area contributed by atoms with Gasteiger partial charge in [0.05, 0.1) is 11.9 Å². The molecule has 0 fully saturated rings. The van der Waals surface area contributed by atoms with E-state index >= 15 is 0 Å². The van der Waals surface area contributed by atoms with Crippen molar-refractivity contribution in [2.45, 2.75) is 0 Å². The van der Waals surface area contributed by atoms with Crippen LogP contribution in [-0.2, 0) is 0 Å². The average Bonchev–Trinajstić information content (AvgIpc) is 3.45. The van der Waals surface area contributed by atoms with Crippen molar-refractivity contribution < 1.29 is 13.4 Å². The van der Waals surface area contributed by atoms with E-state index in [-0.39, 0.29) is 28.6 Å². The number of hydrogen-bond acceptors (Lipinski definition) is 9. The SMILES string of the molecule is Fc1ccccc1Nc1nc2nonc2nc1N/N=C/c1ccc(-c2cccc(Cl)c2)o1. The van der Waals surface area contributed by atoms with E-state index in [9.17, 15) is 4.39 Å². The Kier molecular flexibility index (Phi) is 5.18. The molecular formula is C21H13ClFN7O2. The first kappa shape index (κ1) is 19.6. The summed E-state index contributed by atoms with van der Waals surface area (Å²) in [6.45, 7) is 0. The van der Waals surface area contributed by atoms with Crippen molar-refractivity contribution in [2.75, 3.05) is 10.7 Å². The summed E-state index contributed by atoms with van der Waals surface area (Å²) in [6.07, 6.45) is 1.47. The van der Waals surface area contributed by atoms with Crippen molar-refractivity contribution >= 4 is 46.4 Å². The first-order valence-electron chi connectivity index (χ1n) is 9.32. The molecule has 0 saturated carbocycles. The van der Waals surface area contributed by atoms with E-state index in [2.05, 4.69) is 40.8 Å². The third kappa shape index (κ3) is 4.12. The van der Waals surface area contributed by atoms with Crippen LogP contribution in [0.4, 0.5) is 21.7 Å². The normalized spacial score (nSPS) is 11.3. The molecule has 0 bridgehead atoms. The van der Waals surface area contributed by atoms with Gasteiger partial charge in [0.1, 0.15) is 17.3 Å². The summed E-state index contributed by atoms with van der Waals surface area (Å²) in [5.74, 6) is 1.06. The van der Waals surface area contributed by atoms with E-state index < -0.39 is 5.82 Å². The molecule has 0 aliphatic rings. The van der Waals surface area contributed by atoms with E-state index in [4.69, 9.17) is 16.0 Å². The third-order valence-corrected chi connectivity index (χ3v) is 4.57. The molecule has 0 atom stereocenters. The number of para-hydroxylation sites is 1. The molecule has 2 aromatic carbocycles. The van der Waals surface area contributed by atoms with Crippen molar-refractivity contribution in [1.29, 1.82) is 0 Å². The summed E-state index contributed by atoms with van der Waals surface area (Å²) < 4.78 is 24.5. The van der Waals surface area contributed by atoms with Crippen LogP contribution in [0.25, 0.3) is 22.6 Å². The summed E-state index contributed by atoms with van der Waals surface area (Å²) in [6, 6.07) is 17.1. The summed E-state index contributed by atoms with van der Waals surface area (Å²) in [7, 11) is 0. The molecule has 0 aliphatic heterocycles. The lowest BCUT2D eigenvalue weighted by molar-refractivity contribution is 0.314. The van der Waals surface area contributed by atoms with Crippen LogP contribution in [0.1, 0.15) is 5.76 Å². The molecule has 0 aliphatic carbocycles. The summed E-state index contributed by atoms with van der Waals surface area (Å²) in [5.41, 5.74) is 4.15. The number of anilines is 3. The van der Waals surface area contributed by atoms with Gasteiger partial charge in [-0.05, 0) is 46.7 Å². The fourth-order valence-corrected chi connectivity index (χ4v) is 3.06. The predicted octanol–water partition coefficient (Wildman–Crippen LogP) is 5.25. The highest BCUT2D eigenvalue weighted by Gasteiger charge is 2.14. The molecule has 5 rings (SSSR count). The van der Waals surface area contributed by atoms with E-state index in [0.717, 1.165) is 5.56 Å². The maximum absolute atomic E-state index is 14.1. The number of rotatable bonds is 6. The van der Waals surface area contributed by atoms with E-state index in [0.29, 0.717) is 16.5 Å². The number of hydrazone groups is 1. The monoisotopic (exact) mass is 449 g/mol. The molecule has 158 valence electrons. The van der Waals surface area contributed by atoms with Gasteiger partial charge in [-0.3, -0.25) is 5.43 Å². The standard InChI is InChI=1S/C21H13ClFN7O2/c22-13-5-3-4-12(10-13)17-9-8-14(31-17)11-24-28-19-18(25-16-7-2-1-6-15(16)23)26-20-21(27-19)30-32-29-20/h1-11H,(H,25,26,29)(H,27,28,30)/b24-11+. The van der Waals surface area contributed by atoms with Crippen molar-refractivity contribution in [2.24, 2.45) is 5.10 Å². The minimum atomic E-state index is -0.453. The quantitative estimate of drug-likeness (QED) is 0.266. The van der Waals surface area contributed by atoms with Crippen LogP contribution in [0.3, 0.4) is 0 Å². The molecule has 11 heteroatoms. The molecule has 32 heavy (non-hydrogen) atoms. The fraction of sp³-hybridized carbons (Fsp3) is 0. The van der Waals surface area contributed by atoms with E-state index in [1.54, 1.807) is 36.4 Å². The Hall–Kier alpha value is -4.31. The lowest BCUT2D eigenvalue weighted by Crippen LogP contribution is -2.04. The molecule has 0 unspecified atom stereocenters. The fourth-order valence-electron chi connectivity index (χ4n) is 2.87. The maximum atomic E-state index is 14.1. The molecule has 3 aromatic heterocycles. The van der Waals surface area contributed by atoms with Gasteiger partial charge in [-0.1, -0.05) is 35.9 Å². The van der Waals surface area contributed by atoms with Crippen molar-refractivity contribution in [3.05, 3.63) is 77.3 Å². The molecule has 3 heterocycles. The van der Waals surface area contributed by atoms with E-state index in [1.807, 2.05) is 18.2 Å². The minimum Gasteiger partial charge on any atom is -0.455 e. The molecule has 0 radical (unpaired) electrons. The van der Waals surface area contributed by atoms with Gasteiger partial charge >= 0.3 is 0 Å². The molecule has 5 aromatic rings. The Morgan fingerprint density at radius 3 is 2.56 bits per heavy atom. The number of nitrogens with zero attached hydrogens (tertiary/aromatic N) is 5. The zero-order chi connectivity index (χ0) is 21.9. The molecular weight excluding hydrogens is 437 g/mol. The molecule has 9 nitrogen and oxygen atoms in total. The molecule has 0 saturated heterocycles. The summed E-state index contributed by atoms with van der Waals surface area (Å²) >= 11 is 6.03. The minimum absolute atomic E-state index is 0.163. The van der Waals surface area contributed by atoms with Gasteiger partial charge in [0.25, 0.3) is 0 Å². The van der Waals surface area contributed by atoms with Crippen LogP contribution in [0.2, 0.25) is 5.02 Å². The highest BCUT2D eigenvalue weighted by Crippen LogP contribution is 2.26. The number of hydrogen-bond donors (Lipinski definition) is 2. The highest BCUT2D eigenvalue weighted by atomic mass is 35.5. The Labute approximate surface area is 184 Å².